The average molecular weight is 1220 g/mol. The third kappa shape index (κ3) is 15.1. The first-order valence-electron chi connectivity index (χ1n) is 29.1. The highest BCUT2D eigenvalue weighted by molar-refractivity contribution is 6.76. The molecule has 21 nitrogen and oxygen atoms in total. The Balaban J connectivity index is 0.981. The van der Waals surface area contributed by atoms with Crippen LogP contribution < -0.4 is 44.7 Å². The van der Waals surface area contributed by atoms with Gasteiger partial charge < -0.3 is 59.3 Å². The fourth-order valence-electron chi connectivity index (χ4n) is 10.3. The van der Waals surface area contributed by atoms with Crippen molar-refractivity contribution in [3.05, 3.63) is 113 Å². The van der Waals surface area contributed by atoms with Crippen LogP contribution in [0.25, 0.3) is 11.1 Å². The zero-order chi connectivity index (χ0) is 62.4. The van der Waals surface area contributed by atoms with Gasteiger partial charge >= 0.3 is 6.09 Å². The molecule has 0 radical (unpaired) electrons. The van der Waals surface area contributed by atoms with Crippen LogP contribution in [0, 0.1) is 12.8 Å². The van der Waals surface area contributed by atoms with Gasteiger partial charge in [-0.2, -0.15) is 0 Å². The Labute approximate surface area is 504 Å². The van der Waals surface area contributed by atoms with E-state index in [-0.39, 0.29) is 79.4 Å². The number of benzene rings is 4. The summed E-state index contributed by atoms with van der Waals surface area (Å²) in [5.41, 5.74) is 5.87. The molecule has 4 aromatic carbocycles. The highest BCUT2D eigenvalue weighted by Crippen LogP contribution is 2.44. The molecule has 0 saturated heterocycles. The normalized spacial score (nSPS) is 17.4. The maximum atomic E-state index is 14.9. The van der Waals surface area contributed by atoms with E-state index in [0.29, 0.717) is 65.8 Å². The topological polar surface area (TPSA) is 244 Å². The van der Waals surface area contributed by atoms with E-state index in [1.54, 1.807) is 74.8 Å². The standard InChI is InChI=1S/C63H81N7O14Si2/c1-38(2)56(66-63(77)78)58(72)64-40(4)57(71)65-45-20-18-42(19-21-45)44-29-51-62(76)70(37-82-25-27-86(10,11)12)49-33-55(53(80-6)31-47(49)60(74)68(51)35-44)84-23-13-22-83-54-32-48-46(30-52(54)79-5)59(73)67-34-43(41-16-14-39(3)15-17-41)28-50(67)61(75)69(48)36-81-24-26-85(7,8)9/h14-21,30-35,38,40,50-51,56,66H,13,22-29,36-37H2,1-12H3,(H,64,72)(H,65,71)(H,77,78)/t40?,50-,51-,56?/m0/s1. The molecular formula is C63H81N7O14Si2. The Kier molecular flexibility index (Phi) is 20.2. The summed E-state index contributed by atoms with van der Waals surface area (Å²) in [6.07, 6.45) is 2.95. The molecule has 23 heteroatoms. The van der Waals surface area contributed by atoms with Gasteiger partial charge in [0.05, 0.1) is 49.9 Å². The van der Waals surface area contributed by atoms with E-state index in [1.165, 1.54) is 40.7 Å². The quantitative estimate of drug-likeness (QED) is 0.0338. The van der Waals surface area contributed by atoms with Crippen LogP contribution in [0.3, 0.4) is 0 Å². The molecule has 460 valence electrons. The van der Waals surface area contributed by atoms with E-state index in [1.807, 2.05) is 31.2 Å². The smallest absolute Gasteiger partial charge is 0.405 e. The molecule has 4 aromatic rings. The summed E-state index contributed by atoms with van der Waals surface area (Å²) in [6.45, 7) is 21.3. The second-order valence-electron chi connectivity index (χ2n) is 24.8. The van der Waals surface area contributed by atoms with Crippen molar-refractivity contribution in [1.82, 2.24) is 20.4 Å². The monoisotopic (exact) mass is 1220 g/mol. The third-order valence-corrected chi connectivity index (χ3v) is 18.8. The van der Waals surface area contributed by atoms with E-state index >= 15 is 0 Å². The number of anilines is 3. The van der Waals surface area contributed by atoms with E-state index in [4.69, 9.17) is 28.4 Å². The Morgan fingerprint density at radius 3 is 1.45 bits per heavy atom. The van der Waals surface area contributed by atoms with E-state index in [0.717, 1.165) is 28.8 Å². The number of hydrogen-bond acceptors (Lipinski definition) is 13. The van der Waals surface area contributed by atoms with Gasteiger partial charge in [-0.25, -0.2) is 4.79 Å². The van der Waals surface area contributed by atoms with Crippen molar-refractivity contribution in [2.24, 2.45) is 5.92 Å². The largest absolute Gasteiger partial charge is 0.493 e. The number of carbonyl (C=O) groups is 7. The predicted octanol–water partition coefficient (Wildman–Crippen LogP) is 9.42. The van der Waals surface area contributed by atoms with Gasteiger partial charge in [0.1, 0.15) is 37.6 Å². The Morgan fingerprint density at radius 1 is 0.605 bits per heavy atom. The molecule has 4 aliphatic heterocycles. The van der Waals surface area contributed by atoms with Crippen LogP contribution in [0.5, 0.6) is 23.0 Å². The minimum Gasteiger partial charge on any atom is -0.493 e. The van der Waals surface area contributed by atoms with Gasteiger partial charge in [0.25, 0.3) is 23.6 Å². The first-order chi connectivity index (χ1) is 40.7. The van der Waals surface area contributed by atoms with Crippen molar-refractivity contribution < 1.29 is 67.1 Å². The van der Waals surface area contributed by atoms with Crippen LogP contribution in [-0.4, -0.2) is 151 Å². The average Bonchev–Trinajstić information content (AvgIpc) is 1.71. The van der Waals surface area contributed by atoms with Gasteiger partial charge in [-0.05, 0) is 78.4 Å². The lowest BCUT2D eigenvalue weighted by atomic mass is 10.0. The summed E-state index contributed by atoms with van der Waals surface area (Å²) >= 11 is 0. The summed E-state index contributed by atoms with van der Waals surface area (Å²) < 4.78 is 36.8. The summed E-state index contributed by atoms with van der Waals surface area (Å²) in [5.74, 6) is -1.80. The van der Waals surface area contributed by atoms with Crippen molar-refractivity contribution in [3.63, 3.8) is 0 Å². The number of carbonyl (C=O) groups excluding carboxylic acids is 6. The van der Waals surface area contributed by atoms with Crippen molar-refractivity contribution in [1.29, 1.82) is 0 Å². The van der Waals surface area contributed by atoms with Crippen LogP contribution in [0.1, 0.15) is 77.4 Å². The number of aryl methyl sites for hydroxylation is 1. The zero-order valence-electron chi connectivity index (χ0n) is 51.3. The number of nitrogens with zero attached hydrogens (tertiary/aromatic N) is 4. The highest BCUT2D eigenvalue weighted by Gasteiger charge is 2.45. The molecule has 4 heterocycles. The summed E-state index contributed by atoms with van der Waals surface area (Å²) in [7, 11) is -0.0412. The van der Waals surface area contributed by atoms with E-state index < -0.39 is 64.1 Å². The lowest BCUT2D eigenvalue weighted by molar-refractivity contribution is -0.128. The molecule has 0 spiro atoms. The number of hydrogen-bond donors (Lipinski definition) is 4. The van der Waals surface area contributed by atoms with Gasteiger partial charge in [0.2, 0.25) is 11.8 Å². The fourth-order valence-corrected chi connectivity index (χ4v) is 11.8. The van der Waals surface area contributed by atoms with Crippen LogP contribution in [-0.2, 0) is 28.7 Å². The van der Waals surface area contributed by atoms with Crippen LogP contribution in [0.4, 0.5) is 21.9 Å². The molecule has 4 atom stereocenters. The second kappa shape index (κ2) is 27.1. The van der Waals surface area contributed by atoms with Crippen LogP contribution >= 0.6 is 0 Å². The first kappa shape index (κ1) is 64.0. The minimum atomic E-state index is -1.53. The molecule has 86 heavy (non-hydrogen) atoms. The van der Waals surface area contributed by atoms with Gasteiger partial charge in [0, 0.05) is 78.8 Å². The van der Waals surface area contributed by atoms with Gasteiger partial charge in [0.15, 0.2) is 23.0 Å². The number of rotatable bonds is 26. The first-order valence-corrected chi connectivity index (χ1v) is 36.5. The molecule has 7 amide bonds. The predicted molar refractivity (Wildman–Crippen MR) is 333 cm³/mol. The van der Waals surface area contributed by atoms with Crippen LogP contribution in [0.2, 0.25) is 51.4 Å². The molecule has 0 bridgehead atoms. The van der Waals surface area contributed by atoms with Gasteiger partial charge in [-0.1, -0.05) is 95.1 Å². The van der Waals surface area contributed by atoms with Crippen molar-refractivity contribution >= 4 is 85.9 Å². The van der Waals surface area contributed by atoms with Gasteiger partial charge in [-0.3, -0.25) is 38.6 Å². The number of ether oxygens (including phenoxy) is 6. The Bertz CT molecular complexity index is 3280. The number of amides is 7. The van der Waals surface area contributed by atoms with Crippen molar-refractivity contribution in [3.8, 4) is 23.0 Å². The highest BCUT2D eigenvalue weighted by atomic mass is 28.3. The third-order valence-electron chi connectivity index (χ3n) is 15.4. The summed E-state index contributed by atoms with van der Waals surface area (Å²) in [4.78, 5) is 102. The lowest BCUT2D eigenvalue weighted by Crippen LogP contribution is -2.53. The maximum Gasteiger partial charge on any atom is 0.405 e. The molecule has 8 rings (SSSR count). The minimum absolute atomic E-state index is 0.0604. The molecule has 0 aromatic heterocycles. The maximum absolute atomic E-state index is 14.9. The number of carboxylic acid groups (broad SMARTS) is 1. The summed E-state index contributed by atoms with van der Waals surface area (Å²) in [5, 5.41) is 16.7. The van der Waals surface area contributed by atoms with Crippen molar-refractivity contribution in [2.45, 2.75) is 122 Å². The molecule has 0 saturated carbocycles. The van der Waals surface area contributed by atoms with Gasteiger partial charge in [-0.15, -0.1) is 0 Å². The second-order valence-corrected chi connectivity index (χ2v) is 36.1. The zero-order valence-corrected chi connectivity index (χ0v) is 53.3. The summed E-state index contributed by atoms with van der Waals surface area (Å²) in [6, 6.07) is 19.3. The lowest BCUT2D eigenvalue weighted by Gasteiger charge is -2.27. The van der Waals surface area contributed by atoms with Crippen LogP contribution in [0.15, 0.2) is 85.2 Å². The SMILES string of the molecule is COc1cc2c(cc1OCCCOc1cc3c(cc1OC)C(=O)N1C=C(c4ccc(NC(=O)C(C)NC(=O)C(NC(=O)O)C(C)C)cc4)C[C@H]1C(=O)N3COCC[Si](C)(C)C)N(COCC[Si](C)(C)C)C(=O)[C@@H]1CC(c3ccc(C)cc3)=CN1C2=O. The molecule has 0 fully saturated rings. The Morgan fingerprint density at radius 2 is 1.05 bits per heavy atom. The molecule has 2 unspecified atom stereocenters. The molecule has 4 N–H and O–H groups in total. The Hall–Kier alpha value is -8.00. The number of nitrogens with one attached hydrogen (secondary N) is 3. The fraction of sp³-hybridized carbons (Fsp3) is 0.444. The molecular weight excluding hydrogens is 1130 g/mol. The molecule has 4 aliphatic rings. The van der Waals surface area contributed by atoms with E-state index in [2.05, 4.69) is 55.2 Å². The molecule has 0 aliphatic carbocycles. The van der Waals surface area contributed by atoms with E-state index in [9.17, 15) is 38.7 Å². The number of methoxy groups -OCH3 is 2. The number of fused-ring (bicyclic) bond motifs is 4. The van der Waals surface area contributed by atoms with Crippen molar-refractivity contribution in [2.75, 3.05) is 69.2 Å².